The Bertz CT molecular complexity index is 264. The summed E-state index contributed by atoms with van der Waals surface area (Å²) in [7, 11) is 0. The predicted octanol–water partition coefficient (Wildman–Crippen LogP) is -0.136. The van der Waals surface area contributed by atoms with Crippen LogP contribution < -0.4 is 10.6 Å². The second-order valence-electron chi connectivity index (χ2n) is 4.98. The number of hydrogen-bond donors (Lipinski definition) is 2. The van der Waals surface area contributed by atoms with Crippen molar-refractivity contribution < 1.29 is 14.3 Å². The summed E-state index contributed by atoms with van der Waals surface area (Å²) in [6.45, 7) is 6.79. The monoisotopic (exact) mass is 228 g/mol. The summed E-state index contributed by atoms with van der Waals surface area (Å²) in [6.07, 6.45) is 0.600. The van der Waals surface area contributed by atoms with Crippen LogP contribution in [0.15, 0.2) is 0 Å². The number of carbonyl (C=O) groups is 1. The van der Waals surface area contributed by atoms with E-state index in [-0.39, 0.29) is 12.0 Å². The molecule has 2 heterocycles. The third kappa shape index (κ3) is 3.17. The first-order valence-corrected chi connectivity index (χ1v) is 5.84. The van der Waals surface area contributed by atoms with Crippen molar-refractivity contribution in [2.45, 2.75) is 32.2 Å². The van der Waals surface area contributed by atoms with Crippen molar-refractivity contribution in [3.05, 3.63) is 0 Å². The lowest BCUT2D eigenvalue weighted by Gasteiger charge is -2.26. The van der Waals surface area contributed by atoms with Crippen molar-refractivity contribution in [2.24, 2.45) is 5.92 Å². The molecular weight excluding hydrogens is 208 g/mol. The minimum atomic E-state index is -0.507. The van der Waals surface area contributed by atoms with Gasteiger partial charge in [0.05, 0.1) is 6.61 Å². The largest absolute Gasteiger partial charge is 0.353 e. The number of amides is 1. The number of carbonyl (C=O) groups excluding carboxylic acids is 1. The molecule has 2 N–H and O–H groups in total. The minimum Gasteiger partial charge on any atom is -0.353 e. The highest BCUT2D eigenvalue weighted by Gasteiger charge is 2.32. The fourth-order valence-corrected chi connectivity index (χ4v) is 1.92. The Morgan fingerprint density at radius 2 is 2.25 bits per heavy atom. The Kier molecular flexibility index (Phi) is 3.47. The molecule has 92 valence electrons. The van der Waals surface area contributed by atoms with E-state index in [4.69, 9.17) is 9.47 Å². The van der Waals surface area contributed by atoms with Gasteiger partial charge in [-0.05, 0) is 32.9 Å². The van der Waals surface area contributed by atoms with E-state index in [9.17, 15) is 4.79 Å². The molecule has 1 atom stereocenters. The van der Waals surface area contributed by atoms with Gasteiger partial charge in [-0.25, -0.2) is 0 Å². The van der Waals surface area contributed by atoms with Gasteiger partial charge in [-0.1, -0.05) is 0 Å². The van der Waals surface area contributed by atoms with E-state index in [1.54, 1.807) is 0 Å². The van der Waals surface area contributed by atoms with Gasteiger partial charge in [-0.2, -0.15) is 0 Å². The Morgan fingerprint density at radius 1 is 1.50 bits per heavy atom. The molecule has 1 unspecified atom stereocenters. The second-order valence-corrected chi connectivity index (χ2v) is 4.98. The van der Waals surface area contributed by atoms with Crippen LogP contribution in [0.4, 0.5) is 0 Å². The van der Waals surface area contributed by atoms with Gasteiger partial charge in [-0.15, -0.1) is 0 Å². The Labute approximate surface area is 95.9 Å². The highest BCUT2D eigenvalue weighted by Crippen LogP contribution is 2.21. The molecule has 5 heteroatoms. The van der Waals surface area contributed by atoms with Crippen LogP contribution in [-0.2, 0) is 14.3 Å². The topological polar surface area (TPSA) is 59.6 Å². The smallest absolute Gasteiger partial charge is 0.220 e. The van der Waals surface area contributed by atoms with Gasteiger partial charge in [0.1, 0.15) is 6.10 Å². The van der Waals surface area contributed by atoms with Crippen LogP contribution in [0.5, 0.6) is 0 Å². The molecular formula is C11H20N2O3. The van der Waals surface area contributed by atoms with Gasteiger partial charge >= 0.3 is 0 Å². The molecule has 0 bridgehead atoms. The molecule has 2 fully saturated rings. The fraction of sp³-hybridized carbons (Fsp3) is 0.909. The molecule has 0 aromatic carbocycles. The molecule has 1 amide bonds. The molecule has 2 rings (SSSR count). The number of nitrogens with one attached hydrogen (secondary N) is 2. The Morgan fingerprint density at radius 3 is 2.75 bits per heavy atom. The maximum Gasteiger partial charge on any atom is 0.220 e. The zero-order chi connectivity index (χ0) is 11.6. The maximum absolute atomic E-state index is 11.5. The number of hydrogen-bond acceptors (Lipinski definition) is 4. The van der Waals surface area contributed by atoms with Gasteiger partial charge in [0.2, 0.25) is 5.91 Å². The summed E-state index contributed by atoms with van der Waals surface area (Å²) in [6, 6.07) is 0. The summed E-state index contributed by atoms with van der Waals surface area (Å²) >= 11 is 0. The van der Waals surface area contributed by atoms with E-state index < -0.39 is 5.79 Å². The van der Waals surface area contributed by atoms with Crippen LogP contribution in [0.1, 0.15) is 20.3 Å². The highest BCUT2D eigenvalue weighted by atomic mass is 16.7. The van der Waals surface area contributed by atoms with Crippen molar-refractivity contribution in [3.63, 3.8) is 0 Å². The first kappa shape index (κ1) is 11.8. The fourth-order valence-electron chi connectivity index (χ4n) is 1.92. The zero-order valence-corrected chi connectivity index (χ0v) is 9.91. The zero-order valence-electron chi connectivity index (χ0n) is 9.91. The molecule has 16 heavy (non-hydrogen) atoms. The molecule has 0 aromatic rings. The van der Waals surface area contributed by atoms with Crippen molar-refractivity contribution >= 4 is 5.91 Å². The Hall–Kier alpha value is -0.650. The molecule has 2 aliphatic rings. The predicted molar refractivity (Wildman–Crippen MR) is 58.9 cm³/mol. The number of rotatable bonds is 4. The van der Waals surface area contributed by atoms with Crippen molar-refractivity contribution in [3.8, 4) is 0 Å². The third-order valence-corrected chi connectivity index (χ3v) is 2.93. The Balaban J connectivity index is 1.61. The molecule has 2 aliphatic heterocycles. The first-order valence-electron chi connectivity index (χ1n) is 5.84. The van der Waals surface area contributed by atoms with Gasteiger partial charge in [0, 0.05) is 13.0 Å². The summed E-state index contributed by atoms with van der Waals surface area (Å²) in [4.78, 5) is 11.5. The number of ether oxygens (including phenoxy) is 2. The van der Waals surface area contributed by atoms with E-state index in [0.29, 0.717) is 25.5 Å². The van der Waals surface area contributed by atoms with Gasteiger partial charge in [-0.3, -0.25) is 4.79 Å². The summed E-state index contributed by atoms with van der Waals surface area (Å²) < 4.78 is 11.0. The van der Waals surface area contributed by atoms with Crippen LogP contribution in [0.25, 0.3) is 0 Å². The van der Waals surface area contributed by atoms with Crippen LogP contribution in [0, 0.1) is 5.92 Å². The SMILES string of the molecule is CC1(C)OCC(CNC(=O)CC2CNC2)O1. The van der Waals surface area contributed by atoms with Crippen molar-refractivity contribution in [1.82, 2.24) is 10.6 Å². The minimum absolute atomic E-state index is 0.0153. The van der Waals surface area contributed by atoms with Crippen molar-refractivity contribution in [2.75, 3.05) is 26.2 Å². The van der Waals surface area contributed by atoms with Crippen LogP contribution in [-0.4, -0.2) is 44.0 Å². The van der Waals surface area contributed by atoms with Gasteiger partial charge in [0.15, 0.2) is 5.79 Å². The second kappa shape index (κ2) is 4.69. The average Bonchev–Trinajstić information content (AvgIpc) is 2.49. The van der Waals surface area contributed by atoms with E-state index in [2.05, 4.69) is 10.6 Å². The highest BCUT2D eigenvalue weighted by molar-refractivity contribution is 5.76. The van der Waals surface area contributed by atoms with E-state index >= 15 is 0 Å². The molecule has 0 aromatic heterocycles. The molecule has 0 spiro atoms. The van der Waals surface area contributed by atoms with Gasteiger partial charge < -0.3 is 20.1 Å². The average molecular weight is 228 g/mol. The lowest BCUT2D eigenvalue weighted by molar-refractivity contribution is -0.139. The maximum atomic E-state index is 11.5. The molecule has 0 saturated carbocycles. The van der Waals surface area contributed by atoms with Gasteiger partial charge in [0.25, 0.3) is 0 Å². The lowest BCUT2D eigenvalue weighted by atomic mass is 9.99. The van der Waals surface area contributed by atoms with Crippen molar-refractivity contribution in [1.29, 1.82) is 0 Å². The standard InChI is InChI=1S/C11H20N2O3/c1-11(2)15-7-9(16-11)6-13-10(14)3-8-4-12-5-8/h8-9,12H,3-7H2,1-2H3,(H,13,14). The third-order valence-electron chi connectivity index (χ3n) is 2.93. The van der Waals surface area contributed by atoms with Crippen LogP contribution in [0.2, 0.25) is 0 Å². The van der Waals surface area contributed by atoms with Crippen LogP contribution in [0.3, 0.4) is 0 Å². The normalized spacial score (nSPS) is 28.8. The molecule has 0 radical (unpaired) electrons. The molecule has 0 aliphatic carbocycles. The molecule has 5 nitrogen and oxygen atoms in total. The summed E-state index contributed by atoms with van der Waals surface area (Å²) in [5.41, 5.74) is 0. The van der Waals surface area contributed by atoms with Crippen LogP contribution >= 0.6 is 0 Å². The summed E-state index contributed by atoms with van der Waals surface area (Å²) in [5, 5.41) is 6.04. The van der Waals surface area contributed by atoms with E-state index in [0.717, 1.165) is 13.1 Å². The quantitative estimate of drug-likeness (QED) is 0.703. The summed E-state index contributed by atoms with van der Waals surface area (Å²) in [5.74, 6) is 0.116. The first-order chi connectivity index (χ1) is 7.55. The van der Waals surface area contributed by atoms with E-state index in [1.165, 1.54) is 0 Å². The molecule has 2 saturated heterocycles. The lowest BCUT2D eigenvalue weighted by Crippen LogP contribution is -2.45. The van der Waals surface area contributed by atoms with E-state index in [1.807, 2.05) is 13.8 Å².